The lowest BCUT2D eigenvalue weighted by molar-refractivity contribution is -0.112. The fourth-order valence-electron chi connectivity index (χ4n) is 2.17. The quantitative estimate of drug-likeness (QED) is 0.841. The van der Waals surface area contributed by atoms with E-state index in [4.69, 9.17) is 0 Å². The van der Waals surface area contributed by atoms with Gasteiger partial charge in [-0.3, -0.25) is 4.79 Å². The summed E-state index contributed by atoms with van der Waals surface area (Å²) in [6.07, 6.45) is 3.22. The molecule has 2 rings (SSSR count). The number of carbonyl (C=O) groups excluding carboxylic acids is 1. The number of allylic oxidation sites excluding steroid dienone is 1. The molecule has 102 valence electrons. The zero-order valence-corrected chi connectivity index (χ0v) is 11.5. The second-order valence-electron chi connectivity index (χ2n) is 4.98. The molecular weight excluding hydrogens is 240 g/mol. The average Bonchev–Trinajstić information content (AvgIpc) is 2.38. The average molecular weight is 260 g/mol. The SMILES string of the molecule is CC(=O)/C=C/c1ccc(N2CCN(C)CC2)c(O)c1. The Bertz CT molecular complexity index is 489. The van der Waals surface area contributed by atoms with Crippen molar-refractivity contribution in [3.63, 3.8) is 0 Å². The maximum absolute atomic E-state index is 10.9. The maximum atomic E-state index is 10.9. The molecule has 1 aliphatic heterocycles. The number of ketones is 1. The fourth-order valence-corrected chi connectivity index (χ4v) is 2.17. The van der Waals surface area contributed by atoms with E-state index >= 15 is 0 Å². The van der Waals surface area contributed by atoms with Crippen molar-refractivity contribution >= 4 is 17.5 Å². The van der Waals surface area contributed by atoms with Crippen molar-refractivity contribution in [1.29, 1.82) is 0 Å². The third-order valence-electron chi connectivity index (χ3n) is 3.35. The first kappa shape index (κ1) is 13.6. The van der Waals surface area contributed by atoms with E-state index < -0.39 is 0 Å². The molecule has 4 heteroatoms. The number of phenols is 1. The van der Waals surface area contributed by atoms with Gasteiger partial charge in [-0.1, -0.05) is 12.1 Å². The lowest BCUT2D eigenvalue weighted by atomic mass is 10.1. The number of carbonyl (C=O) groups is 1. The van der Waals surface area contributed by atoms with Gasteiger partial charge in [-0.05, 0) is 37.7 Å². The highest BCUT2D eigenvalue weighted by atomic mass is 16.3. The van der Waals surface area contributed by atoms with E-state index in [9.17, 15) is 9.90 Å². The first-order valence-corrected chi connectivity index (χ1v) is 6.51. The summed E-state index contributed by atoms with van der Waals surface area (Å²) in [4.78, 5) is 15.3. The molecule has 0 amide bonds. The number of likely N-dealkylation sites (N-methyl/N-ethyl adjacent to an activating group) is 1. The Balaban J connectivity index is 2.13. The number of piperazine rings is 1. The smallest absolute Gasteiger partial charge is 0.152 e. The minimum absolute atomic E-state index is 0.00244. The molecule has 1 aromatic carbocycles. The van der Waals surface area contributed by atoms with Gasteiger partial charge in [0.15, 0.2) is 5.78 Å². The highest BCUT2D eigenvalue weighted by molar-refractivity contribution is 5.91. The van der Waals surface area contributed by atoms with Crippen LogP contribution in [0.15, 0.2) is 24.3 Å². The minimum Gasteiger partial charge on any atom is -0.506 e. The summed E-state index contributed by atoms with van der Waals surface area (Å²) in [6.45, 7) is 5.37. The first-order valence-electron chi connectivity index (χ1n) is 6.51. The van der Waals surface area contributed by atoms with E-state index in [2.05, 4.69) is 16.8 Å². The van der Waals surface area contributed by atoms with Gasteiger partial charge in [-0.15, -0.1) is 0 Å². The van der Waals surface area contributed by atoms with Crippen LogP contribution in [0.4, 0.5) is 5.69 Å². The van der Waals surface area contributed by atoms with Crippen LogP contribution in [0.5, 0.6) is 5.75 Å². The van der Waals surface area contributed by atoms with Crippen molar-refractivity contribution < 1.29 is 9.90 Å². The second kappa shape index (κ2) is 5.89. The van der Waals surface area contributed by atoms with E-state index in [1.165, 1.54) is 13.0 Å². The topological polar surface area (TPSA) is 43.8 Å². The van der Waals surface area contributed by atoms with Crippen molar-refractivity contribution in [3.8, 4) is 5.75 Å². The van der Waals surface area contributed by atoms with Crippen LogP contribution < -0.4 is 4.90 Å². The van der Waals surface area contributed by atoms with E-state index in [0.29, 0.717) is 0 Å². The number of hydrogen-bond donors (Lipinski definition) is 1. The van der Waals surface area contributed by atoms with Crippen molar-refractivity contribution in [1.82, 2.24) is 4.90 Å². The van der Waals surface area contributed by atoms with Crippen LogP contribution >= 0.6 is 0 Å². The number of nitrogens with zero attached hydrogens (tertiary/aromatic N) is 2. The molecule has 0 unspecified atom stereocenters. The van der Waals surface area contributed by atoms with E-state index in [0.717, 1.165) is 37.4 Å². The molecule has 0 aromatic heterocycles. The molecule has 19 heavy (non-hydrogen) atoms. The summed E-state index contributed by atoms with van der Waals surface area (Å²) in [5.74, 6) is 0.276. The highest BCUT2D eigenvalue weighted by Gasteiger charge is 2.16. The first-order chi connectivity index (χ1) is 9.06. The van der Waals surface area contributed by atoms with Crippen LogP contribution in [0, 0.1) is 0 Å². The van der Waals surface area contributed by atoms with Gasteiger partial charge in [-0.2, -0.15) is 0 Å². The lowest BCUT2D eigenvalue weighted by Gasteiger charge is -2.34. The normalized spacial score (nSPS) is 17.1. The van der Waals surface area contributed by atoms with Gasteiger partial charge in [0.05, 0.1) is 5.69 Å². The largest absolute Gasteiger partial charge is 0.506 e. The van der Waals surface area contributed by atoms with Crippen LogP contribution in [-0.4, -0.2) is 49.0 Å². The van der Waals surface area contributed by atoms with E-state index in [1.54, 1.807) is 12.1 Å². The Kier molecular flexibility index (Phi) is 4.22. The van der Waals surface area contributed by atoms with Crippen molar-refractivity contribution in [2.45, 2.75) is 6.92 Å². The van der Waals surface area contributed by atoms with Gasteiger partial charge >= 0.3 is 0 Å². The van der Waals surface area contributed by atoms with Gasteiger partial charge in [-0.25, -0.2) is 0 Å². The number of anilines is 1. The van der Waals surface area contributed by atoms with Gasteiger partial charge in [0, 0.05) is 26.2 Å². The van der Waals surface area contributed by atoms with Crippen molar-refractivity contribution in [3.05, 3.63) is 29.8 Å². The molecule has 1 saturated heterocycles. The molecule has 4 nitrogen and oxygen atoms in total. The molecular formula is C15H20N2O2. The van der Waals surface area contributed by atoms with E-state index in [-0.39, 0.29) is 11.5 Å². The Labute approximate surface area is 113 Å². The van der Waals surface area contributed by atoms with Crippen LogP contribution in [0.2, 0.25) is 0 Å². The number of aromatic hydroxyl groups is 1. The zero-order chi connectivity index (χ0) is 13.8. The summed E-state index contributed by atoms with van der Waals surface area (Å²) in [5, 5.41) is 10.1. The summed E-state index contributed by atoms with van der Waals surface area (Å²) >= 11 is 0. The van der Waals surface area contributed by atoms with Gasteiger partial charge < -0.3 is 14.9 Å². The maximum Gasteiger partial charge on any atom is 0.152 e. The Morgan fingerprint density at radius 3 is 2.53 bits per heavy atom. The Morgan fingerprint density at radius 1 is 1.26 bits per heavy atom. The molecule has 1 heterocycles. The molecule has 1 aromatic rings. The minimum atomic E-state index is 0.00244. The third kappa shape index (κ3) is 3.58. The Morgan fingerprint density at radius 2 is 1.95 bits per heavy atom. The Hall–Kier alpha value is -1.81. The van der Waals surface area contributed by atoms with Crippen LogP contribution in [0.3, 0.4) is 0 Å². The predicted molar refractivity (Wildman–Crippen MR) is 77.5 cm³/mol. The fraction of sp³-hybridized carbons (Fsp3) is 0.400. The standard InChI is InChI=1S/C15H20N2O2/c1-12(18)3-4-13-5-6-14(15(19)11-13)17-9-7-16(2)8-10-17/h3-6,11,19H,7-10H2,1-2H3/b4-3+. The molecule has 1 fully saturated rings. The molecule has 0 aliphatic carbocycles. The monoisotopic (exact) mass is 260 g/mol. The number of rotatable bonds is 3. The zero-order valence-electron chi connectivity index (χ0n) is 11.5. The molecule has 0 radical (unpaired) electrons. The second-order valence-corrected chi connectivity index (χ2v) is 4.98. The van der Waals surface area contributed by atoms with Crippen LogP contribution in [-0.2, 0) is 4.79 Å². The summed E-state index contributed by atoms with van der Waals surface area (Å²) < 4.78 is 0. The summed E-state index contributed by atoms with van der Waals surface area (Å²) in [7, 11) is 2.10. The molecule has 1 N–H and O–H groups in total. The lowest BCUT2D eigenvalue weighted by Crippen LogP contribution is -2.44. The molecule has 0 spiro atoms. The molecule has 0 saturated carbocycles. The van der Waals surface area contributed by atoms with Crippen LogP contribution in [0.25, 0.3) is 6.08 Å². The molecule has 1 aliphatic rings. The van der Waals surface area contributed by atoms with Gasteiger partial charge in [0.25, 0.3) is 0 Å². The molecule has 0 bridgehead atoms. The summed E-state index contributed by atoms with van der Waals surface area (Å²) in [6, 6.07) is 5.54. The third-order valence-corrected chi connectivity index (χ3v) is 3.35. The summed E-state index contributed by atoms with van der Waals surface area (Å²) in [5.41, 5.74) is 1.71. The van der Waals surface area contributed by atoms with Crippen molar-refractivity contribution in [2.24, 2.45) is 0 Å². The number of phenolic OH excluding ortho intramolecular Hbond substituents is 1. The number of benzene rings is 1. The highest BCUT2D eigenvalue weighted by Crippen LogP contribution is 2.29. The van der Waals surface area contributed by atoms with E-state index in [1.807, 2.05) is 12.1 Å². The predicted octanol–water partition coefficient (Wildman–Crippen LogP) is 1.75. The van der Waals surface area contributed by atoms with Crippen LogP contribution in [0.1, 0.15) is 12.5 Å². The van der Waals surface area contributed by atoms with Crippen molar-refractivity contribution in [2.75, 3.05) is 38.1 Å². The van der Waals surface area contributed by atoms with Gasteiger partial charge in [0.1, 0.15) is 5.75 Å². The van der Waals surface area contributed by atoms with Gasteiger partial charge in [0.2, 0.25) is 0 Å². The number of hydrogen-bond acceptors (Lipinski definition) is 4. The molecule has 0 atom stereocenters.